The van der Waals surface area contributed by atoms with E-state index in [-0.39, 0.29) is 11.7 Å². The Hall–Kier alpha value is -2.95. The fourth-order valence-electron chi connectivity index (χ4n) is 3.67. The van der Waals surface area contributed by atoms with Gasteiger partial charge in [-0.2, -0.15) is 0 Å². The summed E-state index contributed by atoms with van der Waals surface area (Å²) in [5, 5.41) is 12.7. The Bertz CT molecular complexity index is 1350. The van der Waals surface area contributed by atoms with Gasteiger partial charge in [-0.3, -0.25) is 4.79 Å². The van der Waals surface area contributed by atoms with E-state index in [4.69, 9.17) is 4.74 Å². The van der Waals surface area contributed by atoms with Gasteiger partial charge < -0.3 is 14.6 Å². The van der Waals surface area contributed by atoms with Gasteiger partial charge in [0.2, 0.25) is 5.91 Å². The van der Waals surface area contributed by atoms with Crippen molar-refractivity contribution >= 4 is 55.9 Å². The number of rotatable bonds is 8. The number of thioether (sulfide) groups is 1. The van der Waals surface area contributed by atoms with Crippen molar-refractivity contribution in [2.75, 3.05) is 18.2 Å². The van der Waals surface area contributed by atoms with Crippen molar-refractivity contribution < 1.29 is 14.3 Å². The first-order valence-electron chi connectivity index (χ1n) is 10.8. The highest BCUT2D eigenvalue weighted by Gasteiger charge is 2.25. The van der Waals surface area contributed by atoms with Gasteiger partial charge in [-0.25, -0.2) is 4.79 Å². The second kappa shape index (κ2) is 11.2. The van der Waals surface area contributed by atoms with Gasteiger partial charge in [-0.1, -0.05) is 70.2 Å². The van der Waals surface area contributed by atoms with E-state index in [1.54, 1.807) is 0 Å². The molecule has 0 bridgehead atoms. The van der Waals surface area contributed by atoms with Gasteiger partial charge in [0.25, 0.3) is 0 Å². The minimum absolute atomic E-state index is 0.122. The van der Waals surface area contributed by atoms with Crippen LogP contribution in [0.25, 0.3) is 22.5 Å². The third-order valence-corrected chi connectivity index (χ3v) is 7.77. The van der Waals surface area contributed by atoms with Crippen molar-refractivity contribution in [3.63, 3.8) is 0 Å². The van der Waals surface area contributed by atoms with Crippen molar-refractivity contribution in [3.8, 4) is 22.5 Å². The molecule has 1 amide bonds. The summed E-state index contributed by atoms with van der Waals surface area (Å²) in [5.41, 5.74) is 2.99. The summed E-state index contributed by atoms with van der Waals surface area (Å²) < 4.78 is 8.00. The number of aromatic nitrogens is 3. The van der Waals surface area contributed by atoms with Crippen LogP contribution in [0, 0.1) is 6.92 Å². The summed E-state index contributed by atoms with van der Waals surface area (Å²) >= 11 is 6.11. The van der Waals surface area contributed by atoms with Crippen molar-refractivity contribution in [1.29, 1.82) is 0 Å². The van der Waals surface area contributed by atoms with Crippen molar-refractivity contribution in [2.45, 2.75) is 25.5 Å². The molecule has 2 aromatic heterocycles. The number of benzene rings is 2. The maximum atomic E-state index is 12.9. The number of hydrogen-bond donors (Lipinski definition) is 1. The summed E-state index contributed by atoms with van der Waals surface area (Å²) in [7, 11) is 1.34. The molecule has 0 fully saturated rings. The number of aryl methyl sites for hydroxylation is 1. The van der Waals surface area contributed by atoms with Crippen LogP contribution < -0.4 is 5.32 Å². The molecule has 10 heteroatoms. The van der Waals surface area contributed by atoms with E-state index in [9.17, 15) is 9.59 Å². The lowest BCUT2D eigenvalue weighted by Gasteiger charge is -2.09. The quantitative estimate of drug-likeness (QED) is 0.198. The summed E-state index contributed by atoms with van der Waals surface area (Å²) in [5.74, 6) is 0.145. The molecule has 35 heavy (non-hydrogen) atoms. The molecule has 180 valence electrons. The highest BCUT2D eigenvalue weighted by Crippen LogP contribution is 2.40. The number of amides is 1. The molecule has 0 unspecified atom stereocenters. The summed E-state index contributed by atoms with van der Waals surface area (Å²) in [4.78, 5) is 26.4. The van der Waals surface area contributed by atoms with Crippen LogP contribution in [0.15, 0.2) is 64.2 Å². The van der Waals surface area contributed by atoms with Gasteiger partial charge >= 0.3 is 5.97 Å². The zero-order valence-corrected chi connectivity index (χ0v) is 22.6. The van der Waals surface area contributed by atoms with E-state index in [1.165, 1.54) is 30.2 Å². The normalized spacial score (nSPS) is 10.9. The van der Waals surface area contributed by atoms with Crippen LogP contribution in [0.2, 0.25) is 0 Å². The van der Waals surface area contributed by atoms with Crippen molar-refractivity contribution in [3.05, 3.63) is 69.5 Å². The summed E-state index contributed by atoms with van der Waals surface area (Å²) in [6, 6.07) is 17.5. The third-order valence-electron chi connectivity index (χ3n) is 5.26. The number of thiophene rings is 1. The van der Waals surface area contributed by atoms with Crippen molar-refractivity contribution in [2.24, 2.45) is 0 Å². The molecule has 7 nitrogen and oxygen atoms in total. The van der Waals surface area contributed by atoms with Crippen LogP contribution in [0.1, 0.15) is 22.2 Å². The Morgan fingerprint density at radius 2 is 1.80 bits per heavy atom. The van der Waals surface area contributed by atoms with E-state index in [1.807, 2.05) is 73.0 Å². The molecule has 0 aliphatic rings. The second-order valence-electron chi connectivity index (χ2n) is 7.49. The molecule has 0 spiro atoms. The molecule has 0 aliphatic heterocycles. The summed E-state index contributed by atoms with van der Waals surface area (Å²) in [6.07, 6.45) is 0. The van der Waals surface area contributed by atoms with Crippen molar-refractivity contribution in [1.82, 2.24) is 14.8 Å². The molecule has 2 aromatic carbocycles. The number of methoxy groups -OCH3 is 1. The number of hydrogen-bond acceptors (Lipinski definition) is 7. The van der Waals surface area contributed by atoms with Gasteiger partial charge in [-0.05, 0) is 31.5 Å². The van der Waals surface area contributed by atoms with Gasteiger partial charge in [0.1, 0.15) is 10.6 Å². The zero-order valence-electron chi connectivity index (χ0n) is 19.4. The predicted molar refractivity (Wildman–Crippen MR) is 144 cm³/mol. The maximum absolute atomic E-state index is 12.9. The minimum Gasteiger partial charge on any atom is -0.465 e. The first kappa shape index (κ1) is 25.2. The topological polar surface area (TPSA) is 86.1 Å². The Labute approximate surface area is 220 Å². The van der Waals surface area contributed by atoms with Crippen LogP contribution >= 0.6 is 39.0 Å². The number of halogens is 1. The molecule has 0 radical (unpaired) electrons. The highest BCUT2D eigenvalue weighted by molar-refractivity contribution is 9.10. The smallest absolute Gasteiger partial charge is 0.341 e. The monoisotopic (exact) mass is 570 g/mol. The first-order valence-corrected chi connectivity index (χ1v) is 13.4. The van der Waals surface area contributed by atoms with E-state index < -0.39 is 5.97 Å². The lowest BCUT2D eigenvalue weighted by molar-refractivity contribution is -0.113. The minimum atomic E-state index is -0.485. The predicted octanol–water partition coefficient (Wildman–Crippen LogP) is 6.28. The lowest BCUT2D eigenvalue weighted by atomic mass is 10.0. The number of nitrogens with one attached hydrogen (secondary N) is 1. The van der Waals surface area contributed by atoms with E-state index in [0.29, 0.717) is 22.3 Å². The standard InChI is InChI=1S/C25H23BrN4O3S2/c1-4-30-22(17-10-12-18(26)13-11-17)28-29-25(30)34-14-19(31)27-23-21(24(32)33-3)20(15(2)35-23)16-8-6-5-7-9-16/h5-13H,4,14H2,1-3H3,(H,27,31). The third kappa shape index (κ3) is 5.50. The van der Waals surface area contributed by atoms with Crippen LogP contribution in [-0.4, -0.2) is 39.5 Å². The Balaban J connectivity index is 1.53. The van der Waals surface area contributed by atoms with Crippen LogP contribution in [0.3, 0.4) is 0 Å². The second-order valence-corrected chi connectivity index (χ2v) is 10.6. The SMILES string of the molecule is CCn1c(SCC(=O)Nc2sc(C)c(-c3ccccc3)c2C(=O)OC)nnc1-c1ccc(Br)cc1. The largest absolute Gasteiger partial charge is 0.465 e. The molecule has 0 atom stereocenters. The zero-order chi connectivity index (χ0) is 24.9. The fraction of sp³-hybridized carbons (Fsp3) is 0.200. The van der Waals surface area contributed by atoms with Gasteiger partial charge in [-0.15, -0.1) is 21.5 Å². The first-order chi connectivity index (χ1) is 16.9. The average Bonchev–Trinajstić information content (AvgIpc) is 3.43. The average molecular weight is 572 g/mol. The molecule has 0 aliphatic carbocycles. The van der Waals surface area contributed by atoms with E-state index in [0.717, 1.165) is 31.9 Å². The fourth-order valence-corrected chi connectivity index (χ4v) is 5.81. The van der Waals surface area contributed by atoms with Crippen LogP contribution in [0.5, 0.6) is 0 Å². The lowest BCUT2D eigenvalue weighted by Crippen LogP contribution is -2.16. The molecule has 0 saturated heterocycles. The van der Waals surface area contributed by atoms with Crippen LogP contribution in [0.4, 0.5) is 5.00 Å². The van der Waals surface area contributed by atoms with E-state index >= 15 is 0 Å². The number of nitrogens with zero attached hydrogens (tertiary/aromatic N) is 3. The molecular weight excluding hydrogens is 548 g/mol. The Morgan fingerprint density at radius 3 is 2.46 bits per heavy atom. The van der Waals surface area contributed by atoms with Crippen LogP contribution in [-0.2, 0) is 16.1 Å². The number of anilines is 1. The van der Waals surface area contributed by atoms with E-state index in [2.05, 4.69) is 31.4 Å². The number of carbonyl (C=O) groups is 2. The molecule has 1 N–H and O–H groups in total. The maximum Gasteiger partial charge on any atom is 0.341 e. The molecular formula is C25H23BrN4O3S2. The number of ether oxygens (including phenoxy) is 1. The van der Waals surface area contributed by atoms with Gasteiger partial charge in [0, 0.05) is 27.0 Å². The molecule has 4 aromatic rings. The molecule has 4 rings (SSSR count). The number of esters is 1. The molecule has 0 saturated carbocycles. The summed E-state index contributed by atoms with van der Waals surface area (Å²) in [6.45, 7) is 4.61. The van der Waals surface area contributed by atoms with Gasteiger partial charge in [0.05, 0.1) is 12.9 Å². The highest BCUT2D eigenvalue weighted by atomic mass is 79.9. The number of carbonyl (C=O) groups excluding carboxylic acids is 2. The Morgan fingerprint density at radius 1 is 1.09 bits per heavy atom. The Kier molecular flexibility index (Phi) is 8.04. The van der Waals surface area contributed by atoms with Gasteiger partial charge in [0.15, 0.2) is 11.0 Å². The molecule has 2 heterocycles.